The summed E-state index contributed by atoms with van der Waals surface area (Å²) in [5, 5.41) is 0.354. The van der Waals surface area contributed by atoms with Crippen molar-refractivity contribution < 1.29 is 9.18 Å². The average Bonchev–Trinajstić information content (AvgIpc) is 2.81. The standard InChI is InChI=1S/C11H10ClFO/c1-7(14)11(2-3-11)8-4-9(12)6-10(13)5-8/h4-6H,2-3H2,1H3. The average molecular weight is 213 g/mol. The van der Waals surface area contributed by atoms with E-state index in [4.69, 9.17) is 11.6 Å². The van der Waals surface area contributed by atoms with Gasteiger partial charge >= 0.3 is 0 Å². The summed E-state index contributed by atoms with van der Waals surface area (Å²) >= 11 is 5.74. The molecule has 0 aromatic heterocycles. The van der Waals surface area contributed by atoms with Crippen LogP contribution in [-0.2, 0) is 10.2 Å². The number of Topliss-reactive ketones (excluding diaryl/α,β-unsaturated/α-hetero) is 1. The molecule has 1 aromatic carbocycles. The molecule has 3 heteroatoms. The minimum absolute atomic E-state index is 0.0965. The molecule has 1 aliphatic carbocycles. The Balaban J connectivity index is 2.47. The quantitative estimate of drug-likeness (QED) is 0.736. The Morgan fingerprint density at radius 2 is 2.07 bits per heavy atom. The van der Waals surface area contributed by atoms with Crippen molar-refractivity contribution in [2.45, 2.75) is 25.2 Å². The summed E-state index contributed by atoms with van der Waals surface area (Å²) in [6, 6.07) is 4.33. The first kappa shape index (κ1) is 9.66. The Morgan fingerprint density at radius 3 is 2.50 bits per heavy atom. The van der Waals surface area contributed by atoms with Crippen LogP contribution in [0.15, 0.2) is 18.2 Å². The summed E-state index contributed by atoms with van der Waals surface area (Å²) < 4.78 is 13.1. The smallest absolute Gasteiger partial charge is 0.140 e. The van der Waals surface area contributed by atoms with E-state index < -0.39 is 5.41 Å². The normalized spacial score (nSPS) is 17.9. The van der Waals surface area contributed by atoms with Gasteiger partial charge < -0.3 is 0 Å². The van der Waals surface area contributed by atoms with Crippen molar-refractivity contribution >= 4 is 17.4 Å². The predicted molar refractivity (Wildman–Crippen MR) is 53.0 cm³/mol. The molecule has 1 aliphatic rings. The highest BCUT2D eigenvalue weighted by atomic mass is 35.5. The number of hydrogen-bond acceptors (Lipinski definition) is 1. The molecule has 1 nitrogen and oxygen atoms in total. The molecule has 1 aromatic rings. The molecule has 0 amide bonds. The molecule has 2 rings (SSSR count). The molecule has 0 aliphatic heterocycles. The van der Waals surface area contributed by atoms with Gasteiger partial charge in [0.05, 0.1) is 5.41 Å². The second kappa shape index (κ2) is 3.06. The van der Waals surface area contributed by atoms with E-state index in [-0.39, 0.29) is 11.6 Å². The van der Waals surface area contributed by atoms with Gasteiger partial charge in [0, 0.05) is 5.02 Å². The van der Waals surface area contributed by atoms with Crippen molar-refractivity contribution in [1.29, 1.82) is 0 Å². The second-order valence-electron chi connectivity index (χ2n) is 3.80. The molecule has 0 N–H and O–H groups in total. The molecule has 1 fully saturated rings. The molecule has 74 valence electrons. The Bertz CT molecular complexity index is 376. The number of carbonyl (C=O) groups is 1. The molecule has 0 bridgehead atoms. The lowest BCUT2D eigenvalue weighted by Crippen LogP contribution is -2.16. The first-order valence-electron chi connectivity index (χ1n) is 4.52. The summed E-state index contributed by atoms with van der Waals surface area (Å²) in [5.74, 6) is -0.279. The van der Waals surface area contributed by atoms with Crippen LogP contribution in [0.4, 0.5) is 4.39 Å². The third-order valence-corrected chi connectivity index (χ3v) is 3.06. The zero-order chi connectivity index (χ0) is 10.3. The van der Waals surface area contributed by atoms with Crippen molar-refractivity contribution in [1.82, 2.24) is 0 Å². The second-order valence-corrected chi connectivity index (χ2v) is 4.23. The van der Waals surface area contributed by atoms with Gasteiger partial charge in [0.15, 0.2) is 0 Å². The van der Waals surface area contributed by atoms with Crippen LogP contribution in [0.2, 0.25) is 5.02 Å². The fourth-order valence-electron chi connectivity index (χ4n) is 1.80. The van der Waals surface area contributed by atoms with Gasteiger partial charge in [-0.1, -0.05) is 11.6 Å². The largest absolute Gasteiger partial charge is 0.299 e. The van der Waals surface area contributed by atoms with E-state index in [1.807, 2.05) is 0 Å². The van der Waals surface area contributed by atoms with Gasteiger partial charge in [0.25, 0.3) is 0 Å². The Kier molecular flexibility index (Phi) is 2.11. The lowest BCUT2D eigenvalue weighted by atomic mass is 9.92. The van der Waals surface area contributed by atoms with Gasteiger partial charge in [-0.3, -0.25) is 4.79 Å². The Morgan fingerprint density at radius 1 is 1.43 bits per heavy atom. The van der Waals surface area contributed by atoms with Crippen molar-refractivity contribution in [2.75, 3.05) is 0 Å². The number of benzene rings is 1. The van der Waals surface area contributed by atoms with Gasteiger partial charge in [-0.25, -0.2) is 4.39 Å². The molecule has 0 atom stereocenters. The zero-order valence-electron chi connectivity index (χ0n) is 7.81. The fraction of sp³-hybridized carbons (Fsp3) is 0.364. The van der Waals surface area contributed by atoms with Crippen LogP contribution in [-0.4, -0.2) is 5.78 Å². The highest BCUT2D eigenvalue weighted by molar-refractivity contribution is 6.30. The maximum atomic E-state index is 13.1. The van der Waals surface area contributed by atoms with Crippen molar-refractivity contribution in [2.24, 2.45) is 0 Å². The summed E-state index contributed by atoms with van der Waals surface area (Å²) in [4.78, 5) is 11.4. The maximum absolute atomic E-state index is 13.1. The highest BCUT2D eigenvalue weighted by Crippen LogP contribution is 2.49. The van der Waals surface area contributed by atoms with Crippen LogP contribution >= 0.6 is 11.6 Å². The molecule has 0 saturated heterocycles. The van der Waals surface area contributed by atoms with Crippen molar-refractivity contribution in [3.8, 4) is 0 Å². The maximum Gasteiger partial charge on any atom is 0.140 e. The van der Waals surface area contributed by atoms with E-state index in [0.717, 1.165) is 18.4 Å². The monoisotopic (exact) mass is 212 g/mol. The number of ketones is 1. The van der Waals surface area contributed by atoms with Crippen LogP contribution in [0, 0.1) is 5.82 Å². The van der Waals surface area contributed by atoms with E-state index >= 15 is 0 Å². The van der Waals surface area contributed by atoms with E-state index in [2.05, 4.69) is 0 Å². The van der Waals surface area contributed by atoms with Crippen LogP contribution in [0.3, 0.4) is 0 Å². The van der Waals surface area contributed by atoms with E-state index in [1.165, 1.54) is 12.1 Å². The molecule has 0 heterocycles. The zero-order valence-corrected chi connectivity index (χ0v) is 8.57. The number of rotatable bonds is 2. The molecule has 0 spiro atoms. The van der Waals surface area contributed by atoms with E-state index in [9.17, 15) is 9.18 Å². The minimum atomic E-state index is -0.439. The van der Waals surface area contributed by atoms with Crippen LogP contribution in [0.5, 0.6) is 0 Å². The number of carbonyl (C=O) groups excluding carboxylic acids is 1. The van der Waals surface area contributed by atoms with E-state index in [0.29, 0.717) is 5.02 Å². The highest BCUT2D eigenvalue weighted by Gasteiger charge is 2.48. The Labute approximate surface area is 86.9 Å². The number of halogens is 2. The summed E-state index contributed by atoms with van der Waals surface area (Å²) in [6.07, 6.45) is 1.62. The number of hydrogen-bond donors (Lipinski definition) is 0. The first-order chi connectivity index (χ1) is 6.54. The molecule has 0 unspecified atom stereocenters. The summed E-state index contributed by atoms with van der Waals surface area (Å²) in [7, 11) is 0. The topological polar surface area (TPSA) is 17.1 Å². The van der Waals surface area contributed by atoms with Crippen molar-refractivity contribution in [3.63, 3.8) is 0 Å². The lowest BCUT2D eigenvalue weighted by Gasteiger charge is -2.11. The third-order valence-electron chi connectivity index (χ3n) is 2.84. The predicted octanol–water partition coefficient (Wildman–Crippen LogP) is 3.10. The van der Waals surface area contributed by atoms with Crippen LogP contribution in [0.1, 0.15) is 25.3 Å². The summed E-state index contributed by atoms with van der Waals surface area (Å²) in [5.41, 5.74) is 0.279. The third kappa shape index (κ3) is 1.44. The SMILES string of the molecule is CC(=O)C1(c2cc(F)cc(Cl)c2)CC1. The van der Waals surface area contributed by atoms with Crippen molar-refractivity contribution in [3.05, 3.63) is 34.6 Å². The van der Waals surface area contributed by atoms with E-state index in [1.54, 1.807) is 13.0 Å². The molecular formula is C11H10ClFO. The lowest BCUT2D eigenvalue weighted by molar-refractivity contribution is -0.119. The van der Waals surface area contributed by atoms with Gasteiger partial charge in [-0.2, -0.15) is 0 Å². The summed E-state index contributed by atoms with van der Waals surface area (Å²) in [6.45, 7) is 1.55. The molecule has 1 saturated carbocycles. The van der Waals surface area contributed by atoms with Gasteiger partial charge in [0.1, 0.15) is 11.6 Å². The fourth-order valence-corrected chi connectivity index (χ4v) is 2.02. The van der Waals surface area contributed by atoms with Gasteiger partial charge in [-0.05, 0) is 43.5 Å². The molecule has 0 radical (unpaired) electrons. The molecule has 14 heavy (non-hydrogen) atoms. The van der Waals surface area contributed by atoms with Gasteiger partial charge in [0.2, 0.25) is 0 Å². The first-order valence-corrected chi connectivity index (χ1v) is 4.90. The Hall–Kier alpha value is -0.890. The molecular weight excluding hydrogens is 203 g/mol. The van der Waals surface area contributed by atoms with Gasteiger partial charge in [-0.15, -0.1) is 0 Å². The van der Waals surface area contributed by atoms with Crippen LogP contribution in [0.25, 0.3) is 0 Å². The minimum Gasteiger partial charge on any atom is -0.299 e. The van der Waals surface area contributed by atoms with Crippen LogP contribution < -0.4 is 0 Å².